The number of aryl methyl sites for hydroxylation is 1. The second-order valence-electron chi connectivity index (χ2n) is 8.48. The van der Waals surface area contributed by atoms with Gasteiger partial charge in [0, 0.05) is 16.1 Å². The number of aromatic nitrogens is 3. The lowest BCUT2D eigenvalue weighted by molar-refractivity contribution is -0.113. The number of thiophene rings is 1. The fourth-order valence-corrected chi connectivity index (χ4v) is 5.63. The van der Waals surface area contributed by atoms with Crippen LogP contribution in [-0.2, 0) is 4.79 Å². The molecule has 1 atom stereocenters. The van der Waals surface area contributed by atoms with E-state index in [-0.39, 0.29) is 17.4 Å². The number of carbonyl (C=O) groups is 2. The number of nitrogens with one attached hydrogen (secondary N) is 2. The van der Waals surface area contributed by atoms with E-state index in [2.05, 4.69) is 15.6 Å². The van der Waals surface area contributed by atoms with Gasteiger partial charge in [-0.1, -0.05) is 59.8 Å². The van der Waals surface area contributed by atoms with Crippen molar-refractivity contribution in [3.05, 3.63) is 93.3 Å². The monoisotopic (exact) mass is 531 g/mol. The molecule has 1 aliphatic rings. The highest BCUT2D eigenvalue weighted by Gasteiger charge is 2.35. The van der Waals surface area contributed by atoms with Crippen LogP contribution >= 0.6 is 23.1 Å². The second-order valence-corrected chi connectivity index (χ2v) is 10.4. The maximum absolute atomic E-state index is 13.6. The van der Waals surface area contributed by atoms with Crippen molar-refractivity contribution in [2.75, 3.05) is 23.5 Å². The van der Waals surface area contributed by atoms with E-state index in [1.165, 1.54) is 23.1 Å². The van der Waals surface area contributed by atoms with Gasteiger partial charge < -0.3 is 15.4 Å². The number of thioether (sulfide) groups is 1. The summed E-state index contributed by atoms with van der Waals surface area (Å²) in [5.41, 5.74) is 3.54. The molecule has 0 saturated heterocycles. The van der Waals surface area contributed by atoms with E-state index in [9.17, 15) is 9.59 Å². The van der Waals surface area contributed by atoms with Gasteiger partial charge in [-0.15, -0.1) is 16.4 Å². The molecule has 1 amide bonds. The van der Waals surface area contributed by atoms with Crippen LogP contribution in [0.15, 0.2) is 82.5 Å². The Hall–Kier alpha value is -3.89. The smallest absolute Gasteiger partial charge is 0.256 e. The Morgan fingerprint density at radius 2 is 1.89 bits per heavy atom. The Balaban J connectivity index is 1.41. The average Bonchev–Trinajstić information content (AvgIpc) is 3.57. The number of nitrogens with zero attached hydrogens (tertiary/aromatic N) is 3. The summed E-state index contributed by atoms with van der Waals surface area (Å²) < 4.78 is 7.12. The number of Topliss-reactive ketones (excluding diaryl/α,β-unsaturated/α-hetero) is 1. The first-order valence-electron chi connectivity index (χ1n) is 11.6. The standard InChI is InChI=1S/C27H25N5O3S2/c1-16-10-12-18(13-11-16)20(33)15-37-27-30-26-28-17(2)23(24(32(26)31-27)22-9-6-14-36-22)25(34)29-19-7-4-5-8-21(19)35-3/h4-14,24H,15H2,1-3H3,(H,29,34)(H,28,30,31)/t24-/m0/s1. The first-order valence-corrected chi connectivity index (χ1v) is 13.5. The van der Waals surface area contributed by atoms with E-state index in [0.717, 1.165) is 10.4 Å². The molecule has 37 heavy (non-hydrogen) atoms. The molecule has 1 aliphatic heterocycles. The van der Waals surface area contributed by atoms with Crippen LogP contribution in [0.2, 0.25) is 0 Å². The van der Waals surface area contributed by atoms with Crippen molar-refractivity contribution < 1.29 is 14.3 Å². The summed E-state index contributed by atoms with van der Waals surface area (Å²) in [6.45, 7) is 3.84. The highest BCUT2D eigenvalue weighted by atomic mass is 32.2. The number of carbonyl (C=O) groups excluding carboxylic acids is 2. The number of allylic oxidation sites excluding steroid dienone is 1. The summed E-state index contributed by atoms with van der Waals surface area (Å²) in [7, 11) is 1.57. The van der Waals surface area contributed by atoms with Crippen molar-refractivity contribution in [3.8, 4) is 5.75 Å². The predicted octanol–water partition coefficient (Wildman–Crippen LogP) is 5.56. The highest BCUT2D eigenvalue weighted by Crippen LogP contribution is 2.39. The number of amides is 1. The molecule has 3 heterocycles. The van der Waals surface area contributed by atoms with Crippen LogP contribution in [0, 0.1) is 6.92 Å². The minimum atomic E-state index is -0.472. The van der Waals surface area contributed by atoms with Gasteiger partial charge in [-0.3, -0.25) is 9.59 Å². The predicted molar refractivity (Wildman–Crippen MR) is 147 cm³/mol. The summed E-state index contributed by atoms with van der Waals surface area (Å²) in [6, 6.07) is 18.2. The van der Waals surface area contributed by atoms with Gasteiger partial charge >= 0.3 is 0 Å². The largest absolute Gasteiger partial charge is 0.495 e. The number of methoxy groups -OCH3 is 1. The van der Waals surface area contributed by atoms with E-state index >= 15 is 0 Å². The van der Waals surface area contributed by atoms with Crippen LogP contribution in [0.1, 0.15) is 33.8 Å². The molecule has 0 unspecified atom stereocenters. The first-order chi connectivity index (χ1) is 17.9. The minimum absolute atomic E-state index is 0.00622. The van der Waals surface area contributed by atoms with Gasteiger partial charge in [0.25, 0.3) is 5.91 Å². The molecule has 2 aromatic heterocycles. The topological polar surface area (TPSA) is 98.1 Å². The molecule has 0 aliphatic carbocycles. The van der Waals surface area contributed by atoms with Gasteiger partial charge in [0.15, 0.2) is 5.78 Å². The number of hydrogen-bond acceptors (Lipinski definition) is 8. The number of fused-ring (bicyclic) bond motifs is 1. The summed E-state index contributed by atoms with van der Waals surface area (Å²) in [4.78, 5) is 31.8. The second kappa shape index (κ2) is 10.6. The van der Waals surface area contributed by atoms with Crippen LogP contribution in [-0.4, -0.2) is 39.3 Å². The van der Waals surface area contributed by atoms with Crippen molar-refractivity contribution >= 4 is 46.4 Å². The maximum Gasteiger partial charge on any atom is 0.256 e. The molecule has 2 N–H and O–H groups in total. The van der Waals surface area contributed by atoms with Crippen LogP contribution in [0.3, 0.4) is 0 Å². The highest BCUT2D eigenvalue weighted by molar-refractivity contribution is 7.99. The van der Waals surface area contributed by atoms with E-state index in [1.54, 1.807) is 23.9 Å². The molecule has 0 fully saturated rings. The van der Waals surface area contributed by atoms with Gasteiger partial charge in [-0.2, -0.15) is 4.98 Å². The normalized spacial score (nSPS) is 14.6. The van der Waals surface area contributed by atoms with Gasteiger partial charge in [0.1, 0.15) is 11.8 Å². The zero-order valence-electron chi connectivity index (χ0n) is 20.5. The number of para-hydroxylation sites is 2. The Morgan fingerprint density at radius 3 is 2.62 bits per heavy atom. The summed E-state index contributed by atoms with van der Waals surface area (Å²) in [6.07, 6.45) is 0. The Labute approximate surface area is 222 Å². The molecular weight excluding hydrogens is 506 g/mol. The zero-order valence-corrected chi connectivity index (χ0v) is 22.2. The van der Waals surface area contributed by atoms with Crippen molar-refractivity contribution in [2.45, 2.75) is 25.0 Å². The third kappa shape index (κ3) is 5.16. The molecule has 0 radical (unpaired) electrons. The lowest BCUT2D eigenvalue weighted by Crippen LogP contribution is -2.31. The van der Waals surface area contributed by atoms with Crippen molar-refractivity contribution in [1.82, 2.24) is 14.8 Å². The van der Waals surface area contributed by atoms with E-state index in [1.807, 2.05) is 67.8 Å². The summed E-state index contributed by atoms with van der Waals surface area (Å²) in [5, 5.41) is 13.3. The van der Waals surface area contributed by atoms with E-state index < -0.39 is 6.04 Å². The Morgan fingerprint density at radius 1 is 1.11 bits per heavy atom. The van der Waals surface area contributed by atoms with Crippen molar-refractivity contribution in [3.63, 3.8) is 0 Å². The third-order valence-electron chi connectivity index (χ3n) is 5.95. The number of rotatable bonds is 8. The van der Waals surface area contributed by atoms with Gasteiger partial charge in [-0.25, -0.2) is 4.68 Å². The first kappa shape index (κ1) is 24.8. The molecule has 8 nitrogen and oxygen atoms in total. The van der Waals surface area contributed by atoms with Crippen molar-refractivity contribution in [2.24, 2.45) is 0 Å². The van der Waals surface area contributed by atoms with Gasteiger partial charge in [0.2, 0.25) is 11.1 Å². The van der Waals surface area contributed by atoms with Crippen LogP contribution in [0.5, 0.6) is 5.75 Å². The molecular formula is C27H25N5O3S2. The fourth-order valence-electron chi connectivity index (χ4n) is 4.09. The Bertz CT molecular complexity index is 1480. The zero-order chi connectivity index (χ0) is 25.9. The van der Waals surface area contributed by atoms with Crippen LogP contribution < -0.4 is 15.4 Å². The summed E-state index contributed by atoms with van der Waals surface area (Å²) in [5.74, 6) is 1.05. The van der Waals surface area contributed by atoms with E-state index in [4.69, 9.17) is 9.84 Å². The average molecular weight is 532 g/mol. The molecule has 0 bridgehead atoms. The van der Waals surface area contributed by atoms with Gasteiger partial charge in [-0.05, 0) is 37.4 Å². The minimum Gasteiger partial charge on any atom is -0.495 e. The number of ether oxygens (including phenoxy) is 1. The molecule has 5 rings (SSSR count). The van der Waals surface area contributed by atoms with E-state index in [0.29, 0.717) is 39.4 Å². The Kier molecular flexibility index (Phi) is 7.11. The molecule has 4 aromatic rings. The molecule has 0 saturated carbocycles. The van der Waals surface area contributed by atoms with Crippen LogP contribution in [0.25, 0.3) is 0 Å². The lowest BCUT2D eigenvalue weighted by Gasteiger charge is -2.27. The van der Waals surface area contributed by atoms with Crippen molar-refractivity contribution in [1.29, 1.82) is 0 Å². The SMILES string of the molecule is COc1ccccc1NC(=O)C1=C(C)Nc2nc(SCC(=O)c3ccc(C)cc3)nn2[C@H]1c1cccs1. The van der Waals surface area contributed by atoms with Gasteiger partial charge in [0.05, 0.1) is 24.1 Å². The maximum atomic E-state index is 13.6. The quantitative estimate of drug-likeness (QED) is 0.227. The lowest BCUT2D eigenvalue weighted by atomic mass is 10.0. The number of anilines is 2. The fraction of sp³-hybridized carbons (Fsp3) is 0.185. The number of ketones is 1. The van der Waals surface area contributed by atoms with Crippen LogP contribution in [0.4, 0.5) is 11.6 Å². The molecule has 10 heteroatoms. The molecule has 0 spiro atoms. The third-order valence-corrected chi connectivity index (χ3v) is 7.71. The number of hydrogen-bond donors (Lipinski definition) is 2. The molecule has 188 valence electrons. The summed E-state index contributed by atoms with van der Waals surface area (Å²) >= 11 is 2.81. The number of benzene rings is 2. The molecule has 2 aromatic carbocycles.